The van der Waals surface area contributed by atoms with Gasteiger partial charge in [-0.15, -0.1) is 0 Å². The van der Waals surface area contributed by atoms with Gasteiger partial charge in [0.1, 0.15) is 11.7 Å². The zero-order valence-electron chi connectivity index (χ0n) is 15.6. The number of carboxylic acids is 1. The van der Waals surface area contributed by atoms with Crippen LogP contribution >= 0.6 is 15.9 Å². The van der Waals surface area contributed by atoms with E-state index in [1.165, 1.54) is 6.33 Å². The van der Waals surface area contributed by atoms with Crippen molar-refractivity contribution in [2.24, 2.45) is 5.92 Å². The van der Waals surface area contributed by atoms with Crippen molar-refractivity contribution in [1.82, 2.24) is 9.97 Å². The van der Waals surface area contributed by atoms with Gasteiger partial charge in [-0.25, -0.2) is 14.8 Å². The molecule has 7 nitrogen and oxygen atoms in total. The lowest BCUT2D eigenvalue weighted by atomic mass is 10.2. The molecule has 0 bridgehead atoms. The molecule has 1 N–H and O–H groups in total. The number of hydrogen-bond acceptors (Lipinski definition) is 6. The molecule has 0 amide bonds. The number of aromatic nitrogens is 2. The van der Waals surface area contributed by atoms with Crippen LogP contribution in [0.3, 0.4) is 0 Å². The Hall–Kier alpha value is -2.45. The Balaban J connectivity index is 1.73. The molecule has 0 saturated carbocycles. The smallest absolute Gasteiger partial charge is 0.332 e. The lowest BCUT2D eigenvalue weighted by Gasteiger charge is -2.16. The van der Waals surface area contributed by atoms with Gasteiger partial charge in [0, 0.05) is 11.5 Å². The van der Waals surface area contributed by atoms with E-state index in [1.54, 1.807) is 6.92 Å². The second kappa shape index (κ2) is 9.16. The molecule has 0 aliphatic heterocycles. The number of ether oxygens (including phenoxy) is 2. The van der Waals surface area contributed by atoms with E-state index < -0.39 is 12.1 Å². The first-order valence-electron chi connectivity index (χ1n) is 8.96. The number of carbonyl (C=O) groups is 1. The molecule has 0 fully saturated rings. The van der Waals surface area contributed by atoms with Crippen LogP contribution in [0.4, 0.5) is 0 Å². The Morgan fingerprint density at radius 2 is 2.00 bits per heavy atom. The lowest BCUT2D eigenvalue weighted by Crippen LogP contribution is -2.26. The summed E-state index contributed by atoms with van der Waals surface area (Å²) in [6.45, 7) is 4.30. The van der Waals surface area contributed by atoms with E-state index in [0.29, 0.717) is 35.8 Å². The summed E-state index contributed by atoms with van der Waals surface area (Å²) in [5.74, 6) is 0.0890. The number of halogens is 1. The minimum Gasteiger partial charge on any atom is -0.479 e. The van der Waals surface area contributed by atoms with Crippen molar-refractivity contribution >= 4 is 33.0 Å². The third-order valence-electron chi connectivity index (χ3n) is 4.16. The van der Waals surface area contributed by atoms with Crippen LogP contribution in [0.25, 0.3) is 22.4 Å². The van der Waals surface area contributed by atoms with Crippen LogP contribution in [0.5, 0.6) is 5.88 Å². The third kappa shape index (κ3) is 4.51. The maximum Gasteiger partial charge on any atom is 0.332 e. The van der Waals surface area contributed by atoms with E-state index >= 15 is 0 Å². The Kier molecular flexibility index (Phi) is 6.64. The summed E-state index contributed by atoms with van der Waals surface area (Å²) >= 11 is 3.58. The summed E-state index contributed by atoms with van der Waals surface area (Å²) in [7, 11) is 0. The molecule has 0 spiro atoms. The Morgan fingerprint density at radius 3 is 2.68 bits per heavy atom. The molecular weight excluding hydrogens is 428 g/mol. The highest BCUT2D eigenvalue weighted by Gasteiger charge is 2.21. The summed E-state index contributed by atoms with van der Waals surface area (Å²) in [6.07, 6.45) is 1.01. The van der Waals surface area contributed by atoms with Crippen molar-refractivity contribution in [1.29, 1.82) is 0 Å². The number of rotatable bonds is 9. The van der Waals surface area contributed by atoms with Crippen molar-refractivity contribution in [3.63, 3.8) is 0 Å². The van der Waals surface area contributed by atoms with Crippen molar-refractivity contribution in [2.75, 3.05) is 13.2 Å². The van der Waals surface area contributed by atoms with Crippen LogP contribution in [-0.2, 0) is 9.53 Å². The Labute approximate surface area is 170 Å². The van der Waals surface area contributed by atoms with Crippen LogP contribution < -0.4 is 4.74 Å². The summed E-state index contributed by atoms with van der Waals surface area (Å²) in [6, 6.07) is 9.69. The van der Waals surface area contributed by atoms with E-state index in [4.69, 9.17) is 19.0 Å². The number of aliphatic carboxylic acids is 1. The Bertz CT molecular complexity index is 944. The number of fused-ring (bicyclic) bond motifs is 1. The molecule has 0 saturated heterocycles. The maximum absolute atomic E-state index is 11.0. The molecule has 2 heterocycles. The first-order valence-corrected chi connectivity index (χ1v) is 9.76. The topological polar surface area (TPSA) is 94.7 Å². The molecule has 0 aliphatic rings. The standard InChI is InChI=1S/C20H21BrN2O5/c1-3-14(20(24)25)26-9-12(2)10-27-18-15-16(21)17(13-7-5-4-6-8-13)28-19(15)23-11-22-18/h4-8,11-12,14H,3,9-10H2,1-2H3,(H,24,25)/t12-,14?/m1/s1. The van der Waals surface area contributed by atoms with Gasteiger partial charge in [0.05, 0.1) is 17.7 Å². The maximum atomic E-state index is 11.0. The van der Waals surface area contributed by atoms with Gasteiger partial charge < -0.3 is 19.0 Å². The van der Waals surface area contributed by atoms with Gasteiger partial charge >= 0.3 is 5.97 Å². The van der Waals surface area contributed by atoms with Crippen LogP contribution in [0.1, 0.15) is 20.3 Å². The van der Waals surface area contributed by atoms with Crippen LogP contribution in [-0.4, -0.2) is 40.4 Å². The number of benzene rings is 1. The largest absolute Gasteiger partial charge is 0.479 e. The molecule has 148 valence electrons. The van der Waals surface area contributed by atoms with E-state index in [2.05, 4.69) is 25.9 Å². The van der Waals surface area contributed by atoms with E-state index in [9.17, 15) is 4.79 Å². The molecule has 1 aromatic carbocycles. The predicted octanol–water partition coefficient (Wildman–Crippen LogP) is 4.55. The summed E-state index contributed by atoms with van der Waals surface area (Å²) in [4.78, 5) is 19.5. The fourth-order valence-corrected chi connectivity index (χ4v) is 3.32. The zero-order chi connectivity index (χ0) is 20.1. The third-order valence-corrected chi connectivity index (χ3v) is 4.92. The number of hydrogen-bond donors (Lipinski definition) is 1. The zero-order valence-corrected chi connectivity index (χ0v) is 17.2. The molecule has 3 aromatic rings. The number of furan rings is 1. The van der Waals surface area contributed by atoms with Crippen LogP contribution in [0, 0.1) is 5.92 Å². The highest BCUT2D eigenvalue weighted by molar-refractivity contribution is 9.10. The van der Waals surface area contributed by atoms with Crippen molar-refractivity contribution in [3.8, 4) is 17.2 Å². The van der Waals surface area contributed by atoms with Crippen LogP contribution in [0.2, 0.25) is 0 Å². The minimum atomic E-state index is -0.955. The first-order chi connectivity index (χ1) is 13.5. The molecule has 2 atom stereocenters. The van der Waals surface area contributed by atoms with E-state index in [0.717, 1.165) is 10.0 Å². The highest BCUT2D eigenvalue weighted by Crippen LogP contribution is 2.40. The fraction of sp³-hybridized carbons (Fsp3) is 0.350. The predicted molar refractivity (Wildman–Crippen MR) is 107 cm³/mol. The van der Waals surface area contributed by atoms with Gasteiger partial charge in [-0.3, -0.25) is 0 Å². The van der Waals surface area contributed by atoms with Gasteiger partial charge in [-0.2, -0.15) is 0 Å². The molecule has 0 aliphatic carbocycles. The van der Waals surface area contributed by atoms with Crippen molar-refractivity contribution in [2.45, 2.75) is 26.4 Å². The summed E-state index contributed by atoms with van der Waals surface area (Å²) < 4.78 is 17.9. The monoisotopic (exact) mass is 448 g/mol. The second-order valence-corrected chi connectivity index (χ2v) is 7.25. The molecule has 28 heavy (non-hydrogen) atoms. The molecular formula is C20H21BrN2O5. The van der Waals surface area contributed by atoms with Gasteiger partial charge in [-0.1, -0.05) is 44.2 Å². The average Bonchev–Trinajstić information content (AvgIpc) is 3.04. The molecule has 2 aromatic heterocycles. The minimum absolute atomic E-state index is 0.0160. The molecule has 8 heteroatoms. The van der Waals surface area contributed by atoms with Crippen LogP contribution in [0.15, 0.2) is 45.5 Å². The van der Waals surface area contributed by atoms with Gasteiger partial charge in [0.25, 0.3) is 0 Å². The quantitative estimate of drug-likeness (QED) is 0.512. The van der Waals surface area contributed by atoms with E-state index in [1.807, 2.05) is 37.3 Å². The summed E-state index contributed by atoms with van der Waals surface area (Å²) in [5.41, 5.74) is 1.34. The fourth-order valence-electron chi connectivity index (χ4n) is 2.67. The number of carboxylic acid groups (broad SMARTS) is 1. The first kappa shape index (κ1) is 20.3. The molecule has 0 radical (unpaired) electrons. The molecule has 3 rings (SSSR count). The highest BCUT2D eigenvalue weighted by atomic mass is 79.9. The Morgan fingerprint density at radius 1 is 1.25 bits per heavy atom. The van der Waals surface area contributed by atoms with Gasteiger partial charge in [0.2, 0.25) is 11.6 Å². The van der Waals surface area contributed by atoms with Gasteiger partial charge in [0.15, 0.2) is 11.9 Å². The lowest BCUT2D eigenvalue weighted by molar-refractivity contribution is -0.151. The number of nitrogens with zero attached hydrogens (tertiary/aromatic N) is 2. The van der Waals surface area contributed by atoms with Gasteiger partial charge in [-0.05, 0) is 22.4 Å². The van der Waals surface area contributed by atoms with Crippen molar-refractivity contribution < 1.29 is 23.8 Å². The van der Waals surface area contributed by atoms with Crippen molar-refractivity contribution in [3.05, 3.63) is 41.1 Å². The average molecular weight is 449 g/mol. The molecule has 1 unspecified atom stereocenters. The normalized spacial score (nSPS) is 13.4. The second-order valence-electron chi connectivity index (χ2n) is 6.45. The SMILES string of the molecule is CCC(OC[C@@H](C)COc1ncnc2oc(-c3ccccc3)c(Br)c12)C(=O)O. The summed E-state index contributed by atoms with van der Waals surface area (Å²) in [5, 5.41) is 9.71. The van der Waals surface area contributed by atoms with E-state index in [-0.39, 0.29) is 12.5 Å².